The number of carbonyl (C=O) groups is 2. The van der Waals surface area contributed by atoms with Crippen molar-refractivity contribution in [2.24, 2.45) is 0 Å². The van der Waals surface area contributed by atoms with Crippen molar-refractivity contribution in [3.8, 4) is 39.6 Å². The van der Waals surface area contributed by atoms with Gasteiger partial charge in [-0.2, -0.15) is 0 Å². The number of benzene rings is 3. The van der Waals surface area contributed by atoms with Crippen LogP contribution in [-0.4, -0.2) is 49.3 Å². The number of para-hydroxylation sites is 1. The number of hydrogen-bond acceptors (Lipinski definition) is 6. The summed E-state index contributed by atoms with van der Waals surface area (Å²) in [5, 5.41) is 0. The Bertz CT molecular complexity index is 1690. The largest absolute Gasteiger partial charge is 0.495 e. The zero-order chi connectivity index (χ0) is 29.5. The summed E-state index contributed by atoms with van der Waals surface area (Å²) in [5.41, 5.74) is 8.15. The van der Waals surface area contributed by atoms with Gasteiger partial charge >= 0.3 is 5.97 Å². The standard InChI is InChI=1S/C34H34N2O6/c1-6-42-34(38)30-29(20(2)36-15-14-21-16-27(39-3)28(40-4)17-26(21)31(30)36)24-12-9-13-25(32(24)41-5)33(37)35-18-22-10-7-8-11-23(22)19-35/h7-13,16-17H,6,14-15,18-19H2,1-5H3. The summed E-state index contributed by atoms with van der Waals surface area (Å²) in [6, 6.07) is 17.5. The maximum atomic E-state index is 13.9. The Balaban J connectivity index is 1.53. The molecule has 0 spiro atoms. The number of fused-ring (bicyclic) bond motifs is 4. The number of esters is 1. The van der Waals surface area contributed by atoms with E-state index in [4.69, 9.17) is 18.9 Å². The van der Waals surface area contributed by atoms with Crippen LogP contribution in [0, 0.1) is 6.92 Å². The Kier molecular flexibility index (Phi) is 7.14. The van der Waals surface area contributed by atoms with Gasteiger partial charge < -0.3 is 28.4 Å². The maximum absolute atomic E-state index is 13.9. The van der Waals surface area contributed by atoms with Gasteiger partial charge in [0.1, 0.15) is 5.75 Å². The predicted octanol–water partition coefficient (Wildman–Crippen LogP) is 6.05. The minimum atomic E-state index is -0.430. The summed E-state index contributed by atoms with van der Waals surface area (Å²) < 4.78 is 24.9. The van der Waals surface area contributed by atoms with Gasteiger partial charge in [-0.15, -0.1) is 0 Å². The van der Waals surface area contributed by atoms with Crippen LogP contribution in [0.25, 0.3) is 22.4 Å². The van der Waals surface area contributed by atoms with E-state index in [2.05, 4.69) is 16.7 Å². The molecule has 0 atom stereocenters. The van der Waals surface area contributed by atoms with E-state index in [0.717, 1.165) is 40.1 Å². The molecule has 42 heavy (non-hydrogen) atoms. The van der Waals surface area contributed by atoms with E-state index in [1.807, 2.05) is 48.2 Å². The number of amides is 1. The van der Waals surface area contributed by atoms with Crippen molar-refractivity contribution in [2.45, 2.75) is 39.9 Å². The molecule has 8 heteroatoms. The summed E-state index contributed by atoms with van der Waals surface area (Å²) in [4.78, 5) is 29.5. The number of carbonyl (C=O) groups excluding carboxylic acids is 2. The van der Waals surface area contributed by atoms with Crippen molar-refractivity contribution in [2.75, 3.05) is 27.9 Å². The van der Waals surface area contributed by atoms with Gasteiger partial charge in [-0.1, -0.05) is 36.4 Å². The van der Waals surface area contributed by atoms with Gasteiger partial charge in [0, 0.05) is 42.0 Å². The molecule has 0 bridgehead atoms. The molecule has 8 nitrogen and oxygen atoms in total. The normalized spacial score (nSPS) is 13.2. The number of ether oxygens (including phenoxy) is 4. The second-order valence-corrected chi connectivity index (χ2v) is 10.5. The number of rotatable bonds is 7. The highest BCUT2D eigenvalue weighted by Crippen LogP contribution is 2.47. The first-order valence-electron chi connectivity index (χ1n) is 14.1. The Morgan fingerprint density at radius 2 is 1.52 bits per heavy atom. The highest BCUT2D eigenvalue weighted by atomic mass is 16.5. The van der Waals surface area contributed by atoms with Gasteiger partial charge in [-0.25, -0.2) is 4.79 Å². The molecule has 2 aliphatic rings. The molecule has 0 N–H and O–H groups in total. The Hall–Kier alpha value is -4.72. The van der Waals surface area contributed by atoms with Crippen LogP contribution in [-0.2, 0) is 30.8 Å². The van der Waals surface area contributed by atoms with Crippen molar-refractivity contribution in [1.82, 2.24) is 9.47 Å². The highest BCUT2D eigenvalue weighted by molar-refractivity contribution is 6.08. The maximum Gasteiger partial charge on any atom is 0.340 e. The summed E-state index contributed by atoms with van der Waals surface area (Å²) in [7, 11) is 4.78. The molecule has 216 valence electrons. The molecular weight excluding hydrogens is 532 g/mol. The topological polar surface area (TPSA) is 79.2 Å². The van der Waals surface area contributed by atoms with E-state index in [-0.39, 0.29) is 12.5 Å². The summed E-state index contributed by atoms with van der Waals surface area (Å²) in [6.45, 7) is 5.77. The molecule has 0 aliphatic carbocycles. The van der Waals surface area contributed by atoms with E-state index in [0.29, 0.717) is 59.1 Å². The summed E-state index contributed by atoms with van der Waals surface area (Å²) in [5.74, 6) is 1.11. The lowest BCUT2D eigenvalue weighted by Crippen LogP contribution is -2.26. The second-order valence-electron chi connectivity index (χ2n) is 10.5. The molecular formula is C34H34N2O6. The van der Waals surface area contributed by atoms with Gasteiger partial charge in [-0.05, 0) is 55.2 Å². The molecule has 3 aromatic carbocycles. The zero-order valence-corrected chi connectivity index (χ0v) is 24.6. The third kappa shape index (κ3) is 4.29. The predicted molar refractivity (Wildman–Crippen MR) is 159 cm³/mol. The zero-order valence-electron chi connectivity index (χ0n) is 24.6. The monoisotopic (exact) mass is 566 g/mol. The van der Waals surface area contributed by atoms with Crippen molar-refractivity contribution < 1.29 is 28.5 Å². The average molecular weight is 567 g/mol. The smallest absolute Gasteiger partial charge is 0.340 e. The molecule has 1 amide bonds. The second kappa shape index (κ2) is 10.9. The molecule has 3 heterocycles. The Morgan fingerprint density at radius 3 is 2.17 bits per heavy atom. The van der Waals surface area contributed by atoms with Gasteiger partial charge in [-0.3, -0.25) is 4.79 Å². The van der Waals surface area contributed by atoms with Crippen molar-refractivity contribution in [1.29, 1.82) is 0 Å². The fourth-order valence-electron chi connectivity index (χ4n) is 6.38. The van der Waals surface area contributed by atoms with Crippen LogP contribution in [0.2, 0.25) is 0 Å². The number of methoxy groups -OCH3 is 3. The molecule has 0 radical (unpaired) electrons. The lowest BCUT2D eigenvalue weighted by atomic mass is 9.92. The molecule has 0 saturated carbocycles. The van der Waals surface area contributed by atoms with Crippen LogP contribution >= 0.6 is 0 Å². The van der Waals surface area contributed by atoms with Crippen molar-refractivity contribution in [3.05, 3.63) is 88.1 Å². The van der Waals surface area contributed by atoms with Crippen LogP contribution in [0.3, 0.4) is 0 Å². The van der Waals surface area contributed by atoms with Crippen LogP contribution in [0.1, 0.15) is 50.0 Å². The molecule has 0 fully saturated rings. The van der Waals surface area contributed by atoms with E-state index in [1.165, 1.54) is 0 Å². The van der Waals surface area contributed by atoms with E-state index >= 15 is 0 Å². The third-order valence-corrected chi connectivity index (χ3v) is 8.32. The van der Waals surface area contributed by atoms with Gasteiger partial charge in [0.05, 0.1) is 44.8 Å². The van der Waals surface area contributed by atoms with E-state index in [9.17, 15) is 9.59 Å². The van der Waals surface area contributed by atoms with Gasteiger partial charge in [0.15, 0.2) is 11.5 Å². The highest BCUT2D eigenvalue weighted by Gasteiger charge is 2.35. The summed E-state index contributed by atoms with van der Waals surface area (Å²) >= 11 is 0. The first kappa shape index (κ1) is 27.4. The quantitative estimate of drug-likeness (QED) is 0.254. The summed E-state index contributed by atoms with van der Waals surface area (Å²) in [6.07, 6.45) is 0.755. The van der Waals surface area contributed by atoms with E-state index in [1.54, 1.807) is 34.3 Å². The lowest BCUT2D eigenvalue weighted by molar-refractivity contribution is 0.0528. The van der Waals surface area contributed by atoms with Crippen LogP contribution in [0.4, 0.5) is 0 Å². The number of aromatic nitrogens is 1. The van der Waals surface area contributed by atoms with Gasteiger partial charge in [0.2, 0.25) is 0 Å². The fraction of sp³-hybridized carbons (Fsp3) is 0.294. The average Bonchev–Trinajstić information content (AvgIpc) is 3.58. The van der Waals surface area contributed by atoms with Crippen LogP contribution < -0.4 is 14.2 Å². The van der Waals surface area contributed by atoms with Crippen molar-refractivity contribution in [3.63, 3.8) is 0 Å². The minimum Gasteiger partial charge on any atom is -0.495 e. The number of aryl methyl sites for hydroxylation is 1. The molecule has 0 saturated heterocycles. The molecule has 6 rings (SSSR count). The van der Waals surface area contributed by atoms with E-state index < -0.39 is 5.97 Å². The first-order chi connectivity index (χ1) is 20.4. The van der Waals surface area contributed by atoms with Crippen molar-refractivity contribution >= 4 is 11.9 Å². The SMILES string of the molecule is CCOC(=O)c1c(-c2cccc(C(=O)N3Cc4ccccc4C3)c2OC)c(C)n2c1-c1cc(OC)c(OC)cc1CC2. The molecule has 2 aliphatic heterocycles. The molecule has 0 unspecified atom stereocenters. The van der Waals surface area contributed by atoms with Crippen LogP contribution in [0.5, 0.6) is 17.2 Å². The Morgan fingerprint density at radius 1 is 0.833 bits per heavy atom. The lowest BCUT2D eigenvalue weighted by Gasteiger charge is -2.23. The number of hydrogen-bond donors (Lipinski definition) is 0. The Labute approximate surface area is 245 Å². The molecule has 4 aromatic rings. The third-order valence-electron chi connectivity index (χ3n) is 8.32. The van der Waals surface area contributed by atoms with Crippen LogP contribution in [0.15, 0.2) is 54.6 Å². The number of nitrogens with zero attached hydrogens (tertiary/aromatic N) is 2. The van der Waals surface area contributed by atoms with Gasteiger partial charge in [0.25, 0.3) is 5.91 Å². The molecule has 1 aromatic heterocycles. The first-order valence-corrected chi connectivity index (χ1v) is 14.1. The minimum absolute atomic E-state index is 0.119. The fourth-order valence-corrected chi connectivity index (χ4v) is 6.38.